The van der Waals surface area contributed by atoms with Crippen molar-refractivity contribution in [3.05, 3.63) is 63.1 Å². The van der Waals surface area contributed by atoms with Gasteiger partial charge in [-0.15, -0.1) is 0 Å². The zero-order valence-corrected chi connectivity index (χ0v) is 13.5. The smallest absolute Gasteiger partial charge is 0.125 e. The van der Waals surface area contributed by atoms with Gasteiger partial charge in [0, 0.05) is 26.5 Å². The number of benzene rings is 2. The third-order valence-corrected chi connectivity index (χ3v) is 4.07. The van der Waals surface area contributed by atoms with Crippen LogP contribution in [0.4, 0.5) is 0 Å². The first-order valence-electron chi connectivity index (χ1n) is 5.83. The summed E-state index contributed by atoms with van der Waals surface area (Å²) in [5, 5.41) is 2.08. The number of rotatable bonds is 4. The lowest BCUT2D eigenvalue weighted by atomic mass is 10.1. The van der Waals surface area contributed by atoms with Crippen LogP contribution in [0.1, 0.15) is 16.7 Å². The Hall–Kier alpha value is -0.700. The van der Waals surface area contributed by atoms with Crippen LogP contribution >= 0.6 is 39.1 Å². The minimum absolute atomic E-state index is 0.430. The van der Waals surface area contributed by atoms with E-state index < -0.39 is 0 Å². The van der Waals surface area contributed by atoms with Crippen molar-refractivity contribution in [3.63, 3.8) is 0 Å². The molecule has 0 aliphatic rings. The molecule has 0 heterocycles. The first kappa shape index (κ1) is 14.7. The molecule has 0 aliphatic heterocycles. The summed E-state index contributed by atoms with van der Waals surface area (Å²) >= 11 is 15.7. The van der Waals surface area contributed by atoms with E-state index >= 15 is 0 Å². The highest BCUT2D eigenvalue weighted by molar-refractivity contribution is 9.08. The molecule has 0 atom stereocenters. The molecule has 0 radical (unpaired) electrons. The van der Waals surface area contributed by atoms with Crippen molar-refractivity contribution in [1.82, 2.24) is 0 Å². The van der Waals surface area contributed by atoms with Gasteiger partial charge in [-0.25, -0.2) is 0 Å². The van der Waals surface area contributed by atoms with Crippen LogP contribution in [0.15, 0.2) is 36.4 Å². The van der Waals surface area contributed by atoms with E-state index in [9.17, 15) is 0 Å². The molecule has 0 fully saturated rings. The van der Waals surface area contributed by atoms with E-state index in [0.717, 1.165) is 27.5 Å². The average Bonchev–Trinajstić information content (AvgIpc) is 2.38. The van der Waals surface area contributed by atoms with E-state index in [2.05, 4.69) is 15.9 Å². The molecular weight excluding hydrogens is 347 g/mol. The maximum absolute atomic E-state index is 6.19. The number of hydrogen-bond acceptors (Lipinski definition) is 1. The van der Waals surface area contributed by atoms with E-state index in [-0.39, 0.29) is 0 Å². The molecule has 0 unspecified atom stereocenters. The van der Waals surface area contributed by atoms with Crippen LogP contribution in [0.2, 0.25) is 10.0 Å². The van der Waals surface area contributed by atoms with Crippen LogP contribution in [-0.2, 0) is 11.9 Å². The molecule has 0 amide bonds. The molecule has 0 saturated carbocycles. The standard InChI is InChI=1S/C15H13BrCl2O/c1-10-5-6-11(14(18)7-10)9-19-15-4-2-3-13(17)12(15)8-16/h2-7H,8-9H2,1H3. The van der Waals surface area contributed by atoms with Crippen molar-refractivity contribution in [2.24, 2.45) is 0 Å². The molecule has 0 aliphatic carbocycles. The second kappa shape index (κ2) is 6.65. The number of halogens is 3. The molecule has 2 rings (SSSR count). The molecule has 1 nitrogen and oxygen atoms in total. The summed E-state index contributed by atoms with van der Waals surface area (Å²) in [5.74, 6) is 0.779. The molecule has 0 saturated heterocycles. The van der Waals surface area contributed by atoms with Gasteiger partial charge in [0.05, 0.1) is 0 Å². The molecular formula is C15H13BrCl2O. The van der Waals surface area contributed by atoms with Crippen LogP contribution in [0, 0.1) is 6.92 Å². The number of ether oxygens (including phenoxy) is 1. The first-order chi connectivity index (χ1) is 9.11. The monoisotopic (exact) mass is 358 g/mol. The average molecular weight is 360 g/mol. The second-order valence-corrected chi connectivity index (χ2v) is 5.61. The largest absolute Gasteiger partial charge is 0.488 e. The molecule has 2 aromatic carbocycles. The van der Waals surface area contributed by atoms with Gasteiger partial charge in [-0.05, 0) is 30.7 Å². The zero-order valence-electron chi connectivity index (χ0n) is 10.4. The van der Waals surface area contributed by atoms with Gasteiger partial charge >= 0.3 is 0 Å². The van der Waals surface area contributed by atoms with Crippen LogP contribution in [0.25, 0.3) is 0 Å². The summed E-state index contributed by atoms with van der Waals surface area (Å²) in [4.78, 5) is 0. The Morgan fingerprint density at radius 3 is 2.58 bits per heavy atom. The fraction of sp³-hybridized carbons (Fsp3) is 0.200. The molecule has 4 heteroatoms. The van der Waals surface area contributed by atoms with Crippen molar-refractivity contribution < 1.29 is 4.74 Å². The van der Waals surface area contributed by atoms with Crippen molar-refractivity contribution in [2.45, 2.75) is 18.9 Å². The van der Waals surface area contributed by atoms with Crippen LogP contribution in [-0.4, -0.2) is 0 Å². The van der Waals surface area contributed by atoms with E-state index in [1.807, 2.05) is 43.3 Å². The van der Waals surface area contributed by atoms with Crippen molar-refractivity contribution in [2.75, 3.05) is 0 Å². The third kappa shape index (κ3) is 3.65. The Balaban J connectivity index is 2.17. The number of hydrogen-bond donors (Lipinski definition) is 0. The normalized spacial score (nSPS) is 10.5. The Bertz CT molecular complexity index is 584. The predicted octanol–water partition coefficient (Wildman–Crippen LogP) is 5.78. The minimum atomic E-state index is 0.430. The van der Waals surface area contributed by atoms with Gasteiger partial charge < -0.3 is 4.74 Å². The number of aryl methyl sites for hydroxylation is 1. The van der Waals surface area contributed by atoms with Gasteiger partial charge in [-0.1, -0.05) is 57.3 Å². The lowest BCUT2D eigenvalue weighted by molar-refractivity contribution is 0.304. The van der Waals surface area contributed by atoms with Gasteiger partial charge in [0.2, 0.25) is 0 Å². The van der Waals surface area contributed by atoms with Crippen molar-refractivity contribution in [3.8, 4) is 5.75 Å². The van der Waals surface area contributed by atoms with Gasteiger partial charge in [-0.3, -0.25) is 0 Å². The summed E-state index contributed by atoms with van der Waals surface area (Å²) in [7, 11) is 0. The molecule has 100 valence electrons. The molecule has 0 spiro atoms. The highest BCUT2D eigenvalue weighted by Crippen LogP contribution is 2.29. The third-order valence-electron chi connectivity index (χ3n) is 2.80. The second-order valence-electron chi connectivity index (χ2n) is 4.23. The van der Waals surface area contributed by atoms with Crippen LogP contribution in [0.5, 0.6) is 5.75 Å². The maximum Gasteiger partial charge on any atom is 0.125 e. The predicted molar refractivity (Wildman–Crippen MR) is 84.6 cm³/mol. The topological polar surface area (TPSA) is 9.23 Å². The van der Waals surface area contributed by atoms with Crippen LogP contribution < -0.4 is 4.74 Å². The highest BCUT2D eigenvalue weighted by atomic mass is 79.9. The summed E-state index contributed by atoms with van der Waals surface area (Å²) in [5.41, 5.74) is 3.05. The van der Waals surface area contributed by atoms with Gasteiger partial charge in [0.1, 0.15) is 12.4 Å². The summed E-state index contributed by atoms with van der Waals surface area (Å²) in [6.45, 7) is 2.44. The van der Waals surface area contributed by atoms with E-state index in [0.29, 0.717) is 17.0 Å². The quantitative estimate of drug-likeness (QED) is 0.629. The first-order valence-corrected chi connectivity index (χ1v) is 7.70. The van der Waals surface area contributed by atoms with Crippen molar-refractivity contribution >= 4 is 39.1 Å². The fourth-order valence-electron chi connectivity index (χ4n) is 1.73. The Morgan fingerprint density at radius 2 is 1.89 bits per heavy atom. The molecule has 0 bridgehead atoms. The zero-order chi connectivity index (χ0) is 13.8. The molecule has 0 N–H and O–H groups in total. The van der Waals surface area contributed by atoms with Crippen molar-refractivity contribution in [1.29, 1.82) is 0 Å². The number of alkyl halides is 1. The Morgan fingerprint density at radius 1 is 1.11 bits per heavy atom. The summed E-state index contributed by atoms with van der Waals surface area (Å²) < 4.78 is 5.82. The lowest BCUT2D eigenvalue weighted by Gasteiger charge is -2.12. The fourth-order valence-corrected chi connectivity index (χ4v) is 2.99. The van der Waals surface area contributed by atoms with E-state index in [4.69, 9.17) is 27.9 Å². The van der Waals surface area contributed by atoms with E-state index in [1.165, 1.54) is 0 Å². The van der Waals surface area contributed by atoms with Gasteiger partial charge in [-0.2, -0.15) is 0 Å². The molecule has 0 aromatic heterocycles. The Labute approximate surface area is 131 Å². The maximum atomic E-state index is 6.19. The lowest BCUT2D eigenvalue weighted by Crippen LogP contribution is -1.99. The minimum Gasteiger partial charge on any atom is -0.488 e. The highest BCUT2D eigenvalue weighted by Gasteiger charge is 2.08. The molecule has 19 heavy (non-hydrogen) atoms. The molecule has 2 aromatic rings. The Kier molecular flexibility index (Phi) is 5.14. The van der Waals surface area contributed by atoms with Crippen LogP contribution in [0.3, 0.4) is 0 Å². The van der Waals surface area contributed by atoms with Gasteiger partial charge in [0.25, 0.3) is 0 Å². The SMILES string of the molecule is Cc1ccc(COc2cccc(Cl)c2CBr)c(Cl)c1. The summed E-state index contributed by atoms with van der Waals surface area (Å²) in [6.07, 6.45) is 0. The van der Waals surface area contributed by atoms with Gasteiger partial charge in [0.15, 0.2) is 0 Å². The van der Waals surface area contributed by atoms with E-state index in [1.54, 1.807) is 0 Å². The summed E-state index contributed by atoms with van der Waals surface area (Å²) in [6, 6.07) is 11.6.